The second kappa shape index (κ2) is 5.53. The molecular formula is C15H24. The highest BCUT2D eigenvalue weighted by Gasteiger charge is 2.18. The Balaban J connectivity index is 1.97. The monoisotopic (exact) mass is 204 g/mol. The lowest BCUT2D eigenvalue weighted by atomic mass is 9.82. The molecule has 0 heteroatoms. The molecule has 0 bridgehead atoms. The smallest absolute Gasteiger partial charge is 0.0165 e. The van der Waals surface area contributed by atoms with Crippen LogP contribution in [0, 0.1) is 11.8 Å². The Morgan fingerprint density at radius 1 is 0.867 bits per heavy atom. The van der Waals surface area contributed by atoms with E-state index in [1.54, 1.807) is 5.57 Å². The lowest BCUT2D eigenvalue weighted by Gasteiger charge is -2.23. The molecule has 2 saturated carbocycles. The van der Waals surface area contributed by atoms with E-state index in [4.69, 9.17) is 0 Å². The molecule has 0 atom stereocenters. The maximum atomic E-state index is 4.01. The molecule has 0 radical (unpaired) electrons. The number of hydrogen-bond acceptors (Lipinski definition) is 0. The van der Waals surface area contributed by atoms with Crippen molar-refractivity contribution in [2.75, 3.05) is 0 Å². The maximum Gasteiger partial charge on any atom is -0.0165 e. The molecule has 15 heavy (non-hydrogen) atoms. The number of hydrogen-bond donors (Lipinski definition) is 0. The highest BCUT2D eigenvalue weighted by atomic mass is 14.2. The van der Waals surface area contributed by atoms with Crippen LogP contribution in [0.15, 0.2) is 24.3 Å². The summed E-state index contributed by atoms with van der Waals surface area (Å²) < 4.78 is 0. The zero-order valence-corrected chi connectivity index (χ0v) is 9.88. The van der Waals surface area contributed by atoms with Gasteiger partial charge in [-0.1, -0.05) is 50.8 Å². The normalized spacial score (nSPS) is 25.7. The van der Waals surface area contributed by atoms with Gasteiger partial charge in [-0.25, -0.2) is 0 Å². The van der Waals surface area contributed by atoms with E-state index in [0.29, 0.717) is 0 Å². The Hall–Kier alpha value is -0.520. The van der Waals surface area contributed by atoms with Gasteiger partial charge >= 0.3 is 0 Å². The molecule has 0 unspecified atom stereocenters. The van der Waals surface area contributed by atoms with Gasteiger partial charge in [0, 0.05) is 0 Å². The van der Waals surface area contributed by atoms with Gasteiger partial charge in [0.25, 0.3) is 0 Å². The maximum absolute atomic E-state index is 4.01. The second-order valence-electron chi connectivity index (χ2n) is 5.25. The van der Waals surface area contributed by atoms with Gasteiger partial charge in [-0.15, -0.1) is 0 Å². The SMILES string of the molecule is C=CC(=CC1CCCC1)C1CCCCC1. The molecule has 2 aliphatic carbocycles. The minimum atomic E-state index is 0.844. The van der Waals surface area contributed by atoms with Crippen molar-refractivity contribution >= 4 is 0 Å². The third-order valence-electron chi connectivity index (χ3n) is 4.14. The summed E-state index contributed by atoms with van der Waals surface area (Å²) in [6, 6.07) is 0. The van der Waals surface area contributed by atoms with Crippen molar-refractivity contribution in [2.24, 2.45) is 11.8 Å². The molecular weight excluding hydrogens is 180 g/mol. The predicted octanol–water partition coefficient (Wildman–Crippen LogP) is 4.87. The lowest BCUT2D eigenvalue weighted by Crippen LogP contribution is -2.09. The highest BCUT2D eigenvalue weighted by Crippen LogP contribution is 2.33. The molecule has 2 aliphatic rings. The fourth-order valence-corrected chi connectivity index (χ4v) is 3.20. The van der Waals surface area contributed by atoms with Crippen molar-refractivity contribution in [1.29, 1.82) is 0 Å². The van der Waals surface area contributed by atoms with Crippen LogP contribution in [0.2, 0.25) is 0 Å². The first-order valence-electron chi connectivity index (χ1n) is 6.74. The topological polar surface area (TPSA) is 0 Å². The van der Waals surface area contributed by atoms with Gasteiger partial charge in [0.05, 0.1) is 0 Å². The van der Waals surface area contributed by atoms with Crippen LogP contribution >= 0.6 is 0 Å². The molecule has 0 nitrogen and oxygen atoms in total. The summed E-state index contributed by atoms with van der Waals surface area (Å²) in [7, 11) is 0. The van der Waals surface area contributed by atoms with E-state index in [-0.39, 0.29) is 0 Å². The lowest BCUT2D eigenvalue weighted by molar-refractivity contribution is 0.406. The molecule has 0 heterocycles. The molecule has 0 saturated heterocycles. The fourth-order valence-electron chi connectivity index (χ4n) is 3.20. The molecule has 84 valence electrons. The Morgan fingerprint density at radius 3 is 2.07 bits per heavy atom. The second-order valence-corrected chi connectivity index (χ2v) is 5.25. The highest BCUT2D eigenvalue weighted by molar-refractivity contribution is 5.21. The predicted molar refractivity (Wildman–Crippen MR) is 66.8 cm³/mol. The van der Waals surface area contributed by atoms with E-state index in [2.05, 4.69) is 18.7 Å². The molecule has 0 aromatic carbocycles. The quantitative estimate of drug-likeness (QED) is 0.575. The van der Waals surface area contributed by atoms with Crippen LogP contribution in [-0.4, -0.2) is 0 Å². The Bertz CT molecular complexity index is 224. The summed E-state index contributed by atoms with van der Waals surface area (Å²) in [5.74, 6) is 1.72. The number of allylic oxidation sites excluding steroid dienone is 3. The molecule has 0 aliphatic heterocycles. The Kier molecular flexibility index (Phi) is 4.05. The average Bonchev–Trinajstić information content (AvgIpc) is 2.80. The van der Waals surface area contributed by atoms with Gasteiger partial charge in [0.2, 0.25) is 0 Å². The fraction of sp³-hybridized carbons (Fsp3) is 0.733. The molecule has 2 fully saturated rings. The summed E-state index contributed by atoms with van der Waals surface area (Å²) in [6.45, 7) is 4.01. The molecule has 2 rings (SSSR count). The van der Waals surface area contributed by atoms with E-state index in [1.807, 2.05) is 0 Å². The van der Waals surface area contributed by atoms with Gasteiger partial charge in [-0.2, -0.15) is 0 Å². The first kappa shape index (κ1) is 11.0. The molecule has 0 N–H and O–H groups in total. The summed E-state index contributed by atoms with van der Waals surface area (Å²) in [6.07, 6.45) is 17.5. The molecule has 0 spiro atoms. The van der Waals surface area contributed by atoms with Gasteiger partial charge in [-0.3, -0.25) is 0 Å². The average molecular weight is 204 g/mol. The van der Waals surface area contributed by atoms with Crippen LogP contribution < -0.4 is 0 Å². The van der Waals surface area contributed by atoms with E-state index >= 15 is 0 Å². The zero-order valence-electron chi connectivity index (χ0n) is 9.88. The van der Waals surface area contributed by atoms with E-state index in [1.165, 1.54) is 57.8 Å². The third-order valence-corrected chi connectivity index (χ3v) is 4.14. The first-order valence-corrected chi connectivity index (χ1v) is 6.74. The van der Waals surface area contributed by atoms with Crippen molar-refractivity contribution in [2.45, 2.75) is 57.8 Å². The van der Waals surface area contributed by atoms with Crippen molar-refractivity contribution in [3.8, 4) is 0 Å². The Morgan fingerprint density at radius 2 is 1.47 bits per heavy atom. The minimum Gasteiger partial charge on any atom is -0.0988 e. The molecule has 0 amide bonds. The molecule has 0 aromatic rings. The van der Waals surface area contributed by atoms with Crippen LogP contribution in [0.1, 0.15) is 57.8 Å². The first-order chi connectivity index (χ1) is 7.40. The van der Waals surface area contributed by atoms with Gasteiger partial charge in [0.1, 0.15) is 0 Å². The van der Waals surface area contributed by atoms with E-state index < -0.39 is 0 Å². The van der Waals surface area contributed by atoms with Crippen LogP contribution in [0.3, 0.4) is 0 Å². The standard InChI is InChI=1S/C15H24/c1-2-14(12-13-8-6-7-9-13)15-10-4-3-5-11-15/h2,12-13,15H,1,3-11H2. The van der Waals surface area contributed by atoms with E-state index in [9.17, 15) is 0 Å². The van der Waals surface area contributed by atoms with Crippen LogP contribution in [-0.2, 0) is 0 Å². The third kappa shape index (κ3) is 2.96. The van der Waals surface area contributed by atoms with Crippen LogP contribution in [0.25, 0.3) is 0 Å². The van der Waals surface area contributed by atoms with Crippen LogP contribution in [0.4, 0.5) is 0 Å². The van der Waals surface area contributed by atoms with Crippen molar-refractivity contribution in [3.05, 3.63) is 24.3 Å². The summed E-state index contributed by atoms with van der Waals surface area (Å²) in [5, 5.41) is 0. The minimum absolute atomic E-state index is 0.844. The van der Waals surface area contributed by atoms with Gasteiger partial charge in [0.15, 0.2) is 0 Å². The van der Waals surface area contributed by atoms with E-state index in [0.717, 1.165) is 11.8 Å². The summed E-state index contributed by atoms with van der Waals surface area (Å²) in [4.78, 5) is 0. The van der Waals surface area contributed by atoms with Gasteiger partial charge < -0.3 is 0 Å². The van der Waals surface area contributed by atoms with Crippen molar-refractivity contribution < 1.29 is 0 Å². The van der Waals surface area contributed by atoms with Crippen molar-refractivity contribution in [1.82, 2.24) is 0 Å². The largest absolute Gasteiger partial charge is 0.0988 e. The number of rotatable bonds is 3. The summed E-state index contributed by atoms with van der Waals surface area (Å²) in [5.41, 5.74) is 1.57. The van der Waals surface area contributed by atoms with Gasteiger partial charge in [-0.05, 0) is 43.1 Å². The Labute approximate surface area is 94.5 Å². The van der Waals surface area contributed by atoms with Crippen molar-refractivity contribution in [3.63, 3.8) is 0 Å². The molecule has 0 aromatic heterocycles. The zero-order chi connectivity index (χ0) is 10.5. The summed E-state index contributed by atoms with van der Waals surface area (Å²) >= 11 is 0. The van der Waals surface area contributed by atoms with Crippen LogP contribution in [0.5, 0.6) is 0 Å².